The van der Waals surface area contributed by atoms with E-state index in [1.165, 1.54) is 18.4 Å². The van der Waals surface area contributed by atoms with Gasteiger partial charge in [-0.15, -0.1) is 0 Å². The van der Waals surface area contributed by atoms with E-state index >= 15 is 0 Å². The summed E-state index contributed by atoms with van der Waals surface area (Å²) in [5.41, 5.74) is 2.99. The van der Waals surface area contributed by atoms with Crippen LogP contribution in [-0.4, -0.2) is 22.4 Å². The Morgan fingerprint density at radius 2 is 1.92 bits per heavy atom. The Bertz CT molecular complexity index is 638. The Labute approximate surface area is 143 Å². The molecule has 1 heterocycles. The lowest BCUT2D eigenvalue weighted by Gasteiger charge is -2.28. The molecule has 2 N–H and O–H groups in total. The second-order valence-corrected chi connectivity index (χ2v) is 6.73. The quantitative estimate of drug-likeness (QED) is 0.815. The van der Waals surface area contributed by atoms with Gasteiger partial charge in [0.1, 0.15) is 18.1 Å². The lowest BCUT2D eigenvalue weighted by atomic mass is 9.98. The predicted molar refractivity (Wildman–Crippen MR) is 91.9 cm³/mol. The standard InChI is InChI=1S/C19H26N2O3/c1-14-18(15(2)24-21-14)12-23-17-7-5-16(6-8-17)11-20-19(13-22)9-3-4-10-19/h5-8,20,22H,3-4,9-13H2,1-2H3. The molecule has 1 aromatic carbocycles. The molecule has 0 bridgehead atoms. The van der Waals surface area contributed by atoms with Crippen molar-refractivity contribution in [1.29, 1.82) is 0 Å². The van der Waals surface area contributed by atoms with Crippen molar-refractivity contribution >= 4 is 0 Å². The maximum atomic E-state index is 9.65. The summed E-state index contributed by atoms with van der Waals surface area (Å²) in [6.07, 6.45) is 4.51. The van der Waals surface area contributed by atoms with Crippen molar-refractivity contribution in [3.63, 3.8) is 0 Å². The number of aryl methyl sites for hydroxylation is 2. The molecule has 0 radical (unpaired) electrons. The van der Waals surface area contributed by atoms with Gasteiger partial charge in [-0.25, -0.2) is 0 Å². The largest absolute Gasteiger partial charge is 0.489 e. The van der Waals surface area contributed by atoms with E-state index in [4.69, 9.17) is 9.26 Å². The molecule has 5 heteroatoms. The number of nitrogens with zero attached hydrogens (tertiary/aromatic N) is 1. The first-order chi connectivity index (χ1) is 11.6. The third-order valence-electron chi connectivity index (χ3n) is 5.02. The van der Waals surface area contributed by atoms with Crippen molar-refractivity contribution in [2.45, 2.75) is 58.2 Å². The van der Waals surface area contributed by atoms with Gasteiger partial charge in [0, 0.05) is 12.1 Å². The Hall–Kier alpha value is -1.85. The maximum absolute atomic E-state index is 9.65. The number of hydrogen-bond donors (Lipinski definition) is 2. The van der Waals surface area contributed by atoms with Crippen molar-refractivity contribution in [2.75, 3.05) is 6.61 Å². The van der Waals surface area contributed by atoms with Crippen LogP contribution in [0, 0.1) is 13.8 Å². The van der Waals surface area contributed by atoms with Crippen molar-refractivity contribution < 1.29 is 14.4 Å². The highest BCUT2D eigenvalue weighted by molar-refractivity contribution is 5.28. The minimum Gasteiger partial charge on any atom is -0.489 e. The summed E-state index contributed by atoms with van der Waals surface area (Å²) < 4.78 is 11.0. The number of aliphatic hydroxyl groups is 1. The number of aliphatic hydroxyl groups excluding tert-OH is 1. The monoisotopic (exact) mass is 330 g/mol. The van der Waals surface area contributed by atoms with Crippen molar-refractivity contribution in [2.24, 2.45) is 0 Å². The molecule has 1 aliphatic rings. The van der Waals surface area contributed by atoms with Gasteiger partial charge in [-0.3, -0.25) is 0 Å². The van der Waals surface area contributed by atoms with E-state index in [1.54, 1.807) is 0 Å². The number of aromatic nitrogens is 1. The fourth-order valence-corrected chi connectivity index (χ4v) is 3.30. The van der Waals surface area contributed by atoms with E-state index < -0.39 is 0 Å². The second-order valence-electron chi connectivity index (χ2n) is 6.73. The van der Waals surface area contributed by atoms with Crippen molar-refractivity contribution in [3.8, 4) is 5.75 Å². The first-order valence-electron chi connectivity index (χ1n) is 8.61. The zero-order valence-corrected chi connectivity index (χ0v) is 14.5. The third-order valence-corrected chi connectivity index (χ3v) is 5.02. The van der Waals surface area contributed by atoms with Gasteiger partial charge in [-0.05, 0) is 44.4 Å². The Kier molecular flexibility index (Phi) is 5.21. The summed E-state index contributed by atoms with van der Waals surface area (Å²) in [7, 11) is 0. The number of hydrogen-bond acceptors (Lipinski definition) is 5. The molecule has 1 aliphatic carbocycles. The number of rotatable bonds is 7. The molecule has 1 saturated carbocycles. The van der Waals surface area contributed by atoms with Gasteiger partial charge >= 0.3 is 0 Å². The summed E-state index contributed by atoms with van der Waals surface area (Å²) in [4.78, 5) is 0. The minimum absolute atomic E-state index is 0.0848. The molecule has 1 aromatic heterocycles. The normalized spacial score (nSPS) is 16.5. The summed E-state index contributed by atoms with van der Waals surface area (Å²) in [6.45, 7) is 5.26. The van der Waals surface area contributed by atoms with Crippen LogP contribution in [0.3, 0.4) is 0 Å². The molecule has 0 aliphatic heterocycles. The van der Waals surface area contributed by atoms with Gasteiger partial charge in [-0.2, -0.15) is 0 Å². The van der Waals surface area contributed by atoms with E-state index in [9.17, 15) is 5.11 Å². The van der Waals surface area contributed by atoms with Gasteiger partial charge in [0.25, 0.3) is 0 Å². The third kappa shape index (κ3) is 3.79. The Balaban J connectivity index is 1.53. The van der Waals surface area contributed by atoms with Crippen molar-refractivity contribution in [1.82, 2.24) is 10.5 Å². The highest BCUT2D eigenvalue weighted by atomic mass is 16.5. The van der Waals surface area contributed by atoms with Crippen LogP contribution in [0.4, 0.5) is 0 Å². The fraction of sp³-hybridized carbons (Fsp3) is 0.526. The topological polar surface area (TPSA) is 67.5 Å². The number of nitrogens with one attached hydrogen (secondary N) is 1. The predicted octanol–water partition coefficient (Wildman–Crippen LogP) is 3.27. The van der Waals surface area contributed by atoms with Crippen LogP contribution in [-0.2, 0) is 13.2 Å². The molecular formula is C19H26N2O3. The minimum atomic E-state index is -0.0848. The first kappa shape index (κ1) is 17.0. The van der Waals surface area contributed by atoms with Gasteiger partial charge in [0.05, 0.1) is 17.9 Å². The number of benzene rings is 1. The van der Waals surface area contributed by atoms with Gasteiger partial charge < -0.3 is 19.7 Å². The van der Waals surface area contributed by atoms with Crippen molar-refractivity contribution in [3.05, 3.63) is 46.8 Å². The molecule has 1 fully saturated rings. The van der Waals surface area contributed by atoms with Gasteiger partial charge in [0.15, 0.2) is 0 Å². The molecule has 0 atom stereocenters. The SMILES string of the molecule is Cc1noc(C)c1COc1ccc(CNC2(CO)CCCC2)cc1. The fourth-order valence-electron chi connectivity index (χ4n) is 3.30. The van der Waals surface area contributed by atoms with E-state index in [2.05, 4.69) is 22.6 Å². The van der Waals surface area contributed by atoms with Crippen LogP contribution in [0.25, 0.3) is 0 Å². The molecule has 5 nitrogen and oxygen atoms in total. The molecule has 0 amide bonds. The van der Waals surface area contributed by atoms with Crippen LogP contribution in [0.1, 0.15) is 48.3 Å². The lowest BCUT2D eigenvalue weighted by molar-refractivity contribution is 0.163. The van der Waals surface area contributed by atoms with E-state index in [0.29, 0.717) is 6.61 Å². The molecule has 0 saturated heterocycles. The highest BCUT2D eigenvalue weighted by Crippen LogP contribution is 2.29. The Morgan fingerprint density at radius 1 is 1.21 bits per heavy atom. The zero-order chi connectivity index (χ0) is 17.0. The van der Waals surface area contributed by atoms with Crippen LogP contribution < -0.4 is 10.1 Å². The van der Waals surface area contributed by atoms with Crippen LogP contribution in [0.5, 0.6) is 5.75 Å². The molecule has 0 unspecified atom stereocenters. The Morgan fingerprint density at radius 3 is 2.50 bits per heavy atom. The lowest BCUT2D eigenvalue weighted by Crippen LogP contribution is -2.45. The molecular weight excluding hydrogens is 304 g/mol. The molecule has 24 heavy (non-hydrogen) atoms. The average molecular weight is 330 g/mol. The van der Waals surface area contributed by atoms with Gasteiger partial charge in [-0.1, -0.05) is 30.1 Å². The average Bonchev–Trinajstić information content (AvgIpc) is 3.20. The van der Waals surface area contributed by atoms with E-state index in [0.717, 1.165) is 42.2 Å². The first-order valence-corrected chi connectivity index (χ1v) is 8.61. The highest BCUT2D eigenvalue weighted by Gasteiger charge is 2.32. The second kappa shape index (κ2) is 7.36. The van der Waals surface area contributed by atoms with Crippen LogP contribution >= 0.6 is 0 Å². The summed E-state index contributed by atoms with van der Waals surface area (Å²) in [5, 5.41) is 17.1. The summed E-state index contributed by atoms with van der Waals surface area (Å²) in [6, 6.07) is 8.09. The molecule has 2 aromatic rings. The molecule has 130 valence electrons. The molecule has 3 rings (SSSR count). The smallest absolute Gasteiger partial charge is 0.140 e. The summed E-state index contributed by atoms with van der Waals surface area (Å²) >= 11 is 0. The van der Waals surface area contributed by atoms with E-state index in [1.807, 2.05) is 26.0 Å². The van der Waals surface area contributed by atoms with E-state index in [-0.39, 0.29) is 12.1 Å². The number of ether oxygens (including phenoxy) is 1. The van der Waals surface area contributed by atoms with Crippen LogP contribution in [0.2, 0.25) is 0 Å². The summed E-state index contributed by atoms with van der Waals surface area (Å²) in [5.74, 6) is 1.63. The molecule has 0 spiro atoms. The zero-order valence-electron chi connectivity index (χ0n) is 14.5. The van der Waals surface area contributed by atoms with Crippen LogP contribution in [0.15, 0.2) is 28.8 Å². The van der Waals surface area contributed by atoms with Gasteiger partial charge in [0.2, 0.25) is 0 Å². The maximum Gasteiger partial charge on any atom is 0.140 e.